The van der Waals surface area contributed by atoms with Gasteiger partial charge in [0, 0.05) is 12.0 Å². The molecule has 1 atom stereocenters. The second kappa shape index (κ2) is 7.76. The van der Waals surface area contributed by atoms with Crippen LogP contribution in [0, 0.1) is 0 Å². The minimum Gasteiger partial charge on any atom is -0.497 e. The molecular weight excluding hydrogens is 354 g/mol. The predicted molar refractivity (Wildman–Crippen MR) is 106 cm³/mol. The Kier molecular flexibility index (Phi) is 5.02. The number of methoxy groups -OCH3 is 1. The number of hydrogen-bond acceptors (Lipinski definition) is 4. The van der Waals surface area contributed by atoms with Gasteiger partial charge < -0.3 is 14.8 Å². The number of fused-ring (bicyclic) bond motifs is 1. The van der Waals surface area contributed by atoms with Crippen molar-refractivity contribution in [3.8, 4) is 17.2 Å². The van der Waals surface area contributed by atoms with Crippen LogP contribution in [0.15, 0.2) is 54.7 Å². The molecule has 1 aliphatic rings. The van der Waals surface area contributed by atoms with Crippen molar-refractivity contribution in [3.05, 3.63) is 71.5 Å². The molecule has 6 heteroatoms. The second-order valence-electron chi connectivity index (χ2n) is 6.67. The molecule has 1 N–H and O–H groups in total. The first-order chi connectivity index (χ1) is 13.7. The molecule has 1 aromatic heterocycles. The summed E-state index contributed by atoms with van der Waals surface area (Å²) in [5.41, 5.74) is 3.39. The zero-order chi connectivity index (χ0) is 19.5. The lowest BCUT2D eigenvalue weighted by Gasteiger charge is -2.26. The van der Waals surface area contributed by atoms with E-state index in [1.54, 1.807) is 13.3 Å². The van der Waals surface area contributed by atoms with E-state index in [1.165, 1.54) is 0 Å². The highest BCUT2D eigenvalue weighted by Crippen LogP contribution is 2.32. The van der Waals surface area contributed by atoms with Crippen molar-refractivity contribution in [1.29, 1.82) is 0 Å². The van der Waals surface area contributed by atoms with Crippen LogP contribution in [0.1, 0.15) is 41.0 Å². The summed E-state index contributed by atoms with van der Waals surface area (Å²) in [6, 6.07) is 15.4. The number of aromatic nitrogens is 2. The van der Waals surface area contributed by atoms with E-state index in [9.17, 15) is 4.79 Å². The first-order valence-electron chi connectivity index (χ1n) is 9.45. The summed E-state index contributed by atoms with van der Waals surface area (Å²) in [5.74, 6) is 1.51. The van der Waals surface area contributed by atoms with Crippen LogP contribution in [0.3, 0.4) is 0 Å². The molecule has 1 unspecified atom stereocenters. The maximum absolute atomic E-state index is 13.0. The summed E-state index contributed by atoms with van der Waals surface area (Å²) in [6.07, 6.45) is 3.08. The third-order valence-corrected chi connectivity index (χ3v) is 5.03. The predicted octanol–water partition coefficient (Wildman–Crippen LogP) is 3.70. The number of rotatable bonds is 5. The first-order valence-corrected chi connectivity index (χ1v) is 9.45. The number of benzene rings is 2. The van der Waals surface area contributed by atoms with Gasteiger partial charge in [-0.2, -0.15) is 5.10 Å². The van der Waals surface area contributed by atoms with Gasteiger partial charge in [-0.05, 0) is 36.8 Å². The fourth-order valence-corrected chi connectivity index (χ4v) is 3.58. The molecule has 0 aliphatic carbocycles. The van der Waals surface area contributed by atoms with Crippen molar-refractivity contribution in [2.45, 2.75) is 25.8 Å². The number of amides is 1. The number of ether oxygens (including phenoxy) is 2. The van der Waals surface area contributed by atoms with Crippen LogP contribution in [0.2, 0.25) is 0 Å². The van der Waals surface area contributed by atoms with E-state index in [0.717, 1.165) is 34.9 Å². The Morgan fingerprint density at radius 3 is 2.79 bits per heavy atom. The van der Waals surface area contributed by atoms with E-state index in [0.29, 0.717) is 18.6 Å². The molecule has 4 rings (SSSR count). The number of carbonyl (C=O) groups is 1. The van der Waals surface area contributed by atoms with Crippen molar-refractivity contribution >= 4 is 5.91 Å². The van der Waals surface area contributed by atoms with Gasteiger partial charge in [0.05, 0.1) is 42.9 Å². The van der Waals surface area contributed by atoms with Gasteiger partial charge in [-0.3, -0.25) is 4.79 Å². The molecule has 1 aliphatic heterocycles. The number of hydrogen-bond donors (Lipinski definition) is 1. The highest BCUT2D eigenvalue weighted by atomic mass is 16.5. The molecule has 0 spiro atoms. The molecule has 2 aromatic carbocycles. The largest absolute Gasteiger partial charge is 0.497 e. The lowest BCUT2D eigenvalue weighted by molar-refractivity contribution is 0.0924. The van der Waals surface area contributed by atoms with Gasteiger partial charge in [0.1, 0.15) is 11.5 Å². The SMILES string of the molecule is CCc1c(C(=O)NC2CCOc3ccccc32)cnn1-c1ccc(OC)cc1. The van der Waals surface area contributed by atoms with Crippen molar-refractivity contribution in [2.75, 3.05) is 13.7 Å². The molecule has 6 nitrogen and oxygen atoms in total. The highest BCUT2D eigenvalue weighted by Gasteiger charge is 2.25. The lowest BCUT2D eigenvalue weighted by atomic mass is 10.00. The standard InChI is InChI=1S/C22H23N3O3/c1-3-20-18(14-23-25(20)15-8-10-16(27-2)11-9-15)22(26)24-19-12-13-28-21-7-5-4-6-17(19)21/h4-11,14,19H,3,12-13H2,1-2H3,(H,24,26). The van der Waals surface area contributed by atoms with Crippen LogP contribution in [-0.2, 0) is 6.42 Å². The number of para-hydroxylation sites is 1. The first kappa shape index (κ1) is 18.1. The van der Waals surface area contributed by atoms with Crippen molar-refractivity contribution in [2.24, 2.45) is 0 Å². The fraction of sp³-hybridized carbons (Fsp3) is 0.273. The Balaban J connectivity index is 1.59. The molecule has 0 fully saturated rings. The van der Waals surface area contributed by atoms with Crippen LogP contribution in [0.5, 0.6) is 11.5 Å². The normalized spacial score (nSPS) is 15.4. The van der Waals surface area contributed by atoms with E-state index < -0.39 is 0 Å². The van der Waals surface area contributed by atoms with E-state index in [2.05, 4.69) is 10.4 Å². The maximum atomic E-state index is 13.0. The zero-order valence-electron chi connectivity index (χ0n) is 16.0. The topological polar surface area (TPSA) is 65.4 Å². The molecular formula is C22H23N3O3. The molecule has 0 radical (unpaired) electrons. The maximum Gasteiger partial charge on any atom is 0.255 e. The van der Waals surface area contributed by atoms with Crippen molar-refractivity contribution < 1.29 is 14.3 Å². The van der Waals surface area contributed by atoms with Gasteiger partial charge >= 0.3 is 0 Å². The highest BCUT2D eigenvalue weighted by molar-refractivity contribution is 5.95. The van der Waals surface area contributed by atoms with E-state index in [4.69, 9.17) is 9.47 Å². The summed E-state index contributed by atoms with van der Waals surface area (Å²) in [6.45, 7) is 2.62. The van der Waals surface area contributed by atoms with Gasteiger partial charge in [-0.25, -0.2) is 4.68 Å². The van der Waals surface area contributed by atoms with Crippen LogP contribution in [0.4, 0.5) is 0 Å². The van der Waals surface area contributed by atoms with Crippen LogP contribution in [0.25, 0.3) is 5.69 Å². The molecule has 144 valence electrons. The Labute approximate surface area is 164 Å². The smallest absolute Gasteiger partial charge is 0.255 e. The minimum absolute atomic E-state index is 0.0634. The summed E-state index contributed by atoms with van der Waals surface area (Å²) in [7, 11) is 1.64. The van der Waals surface area contributed by atoms with Crippen LogP contribution in [-0.4, -0.2) is 29.4 Å². The summed E-state index contributed by atoms with van der Waals surface area (Å²) >= 11 is 0. The van der Waals surface area contributed by atoms with Gasteiger partial charge in [-0.15, -0.1) is 0 Å². The van der Waals surface area contributed by atoms with Crippen LogP contribution < -0.4 is 14.8 Å². The fourth-order valence-electron chi connectivity index (χ4n) is 3.58. The number of carbonyl (C=O) groups excluding carboxylic acids is 1. The number of nitrogens with one attached hydrogen (secondary N) is 1. The molecule has 2 heterocycles. The Morgan fingerprint density at radius 1 is 1.25 bits per heavy atom. The summed E-state index contributed by atoms with van der Waals surface area (Å²) in [4.78, 5) is 13.0. The minimum atomic E-state index is -0.113. The average Bonchev–Trinajstić information content (AvgIpc) is 3.18. The van der Waals surface area contributed by atoms with E-state index >= 15 is 0 Å². The van der Waals surface area contributed by atoms with Gasteiger partial charge in [-0.1, -0.05) is 25.1 Å². The molecule has 0 bridgehead atoms. The van der Waals surface area contributed by atoms with Crippen molar-refractivity contribution in [3.63, 3.8) is 0 Å². The van der Waals surface area contributed by atoms with Crippen LogP contribution >= 0.6 is 0 Å². The second-order valence-corrected chi connectivity index (χ2v) is 6.67. The average molecular weight is 377 g/mol. The van der Waals surface area contributed by atoms with Crippen molar-refractivity contribution in [1.82, 2.24) is 15.1 Å². The monoisotopic (exact) mass is 377 g/mol. The lowest BCUT2D eigenvalue weighted by Crippen LogP contribution is -2.32. The number of nitrogens with zero attached hydrogens (tertiary/aromatic N) is 2. The quantitative estimate of drug-likeness (QED) is 0.736. The zero-order valence-corrected chi connectivity index (χ0v) is 16.0. The third-order valence-electron chi connectivity index (χ3n) is 5.03. The molecule has 1 amide bonds. The van der Waals surface area contributed by atoms with Gasteiger partial charge in [0.25, 0.3) is 5.91 Å². The molecule has 28 heavy (non-hydrogen) atoms. The summed E-state index contributed by atoms with van der Waals surface area (Å²) in [5, 5.41) is 7.62. The Bertz CT molecular complexity index is 979. The third kappa shape index (κ3) is 3.33. The van der Waals surface area contributed by atoms with E-state index in [1.807, 2.05) is 60.1 Å². The molecule has 0 saturated carbocycles. The van der Waals surface area contributed by atoms with Gasteiger partial charge in [0.2, 0.25) is 0 Å². The molecule has 0 saturated heterocycles. The molecule has 3 aromatic rings. The Hall–Kier alpha value is -3.28. The Morgan fingerprint density at radius 2 is 2.04 bits per heavy atom. The summed E-state index contributed by atoms with van der Waals surface area (Å²) < 4.78 is 12.7. The van der Waals surface area contributed by atoms with Gasteiger partial charge in [0.15, 0.2) is 0 Å². The van der Waals surface area contributed by atoms with E-state index in [-0.39, 0.29) is 11.9 Å².